The van der Waals surface area contributed by atoms with Gasteiger partial charge in [0.1, 0.15) is 13.2 Å². The highest BCUT2D eigenvalue weighted by atomic mass is 79.9. The lowest BCUT2D eigenvalue weighted by Gasteiger charge is -2.20. The number of carbonyl (C=O) groups excluding carboxylic acids is 2. The van der Waals surface area contributed by atoms with Crippen LogP contribution < -0.4 is 20.1 Å². The van der Waals surface area contributed by atoms with E-state index in [2.05, 4.69) is 26.6 Å². The highest BCUT2D eigenvalue weighted by Gasteiger charge is 2.22. The molecule has 6 nitrogen and oxygen atoms in total. The predicted octanol–water partition coefficient (Wildman–Crippen LogP) is 2.86. The van der Waals surface area contributed by atoms with E-state index < -0.39 is 0 Å². The molecule has 130 valence electrons. The highest BCUT2D eigenvalue weighted by Crippen LogP contribution is 2.38. The van der Waals surface area contributed by atoms with Gasteiger partial charge in [-0.1, -0.05) is 12.8 Å². The molecule has 2 aliphatic rings. The standard InChI is InChI=1S/C17H21BrN2O4/c18-12-9-14-15(24-8-7-23-14)10-13(12)20-16(21)5-6-19-17(22)11-3-1-2-4-11/h9-11H,1-8H2,(H,19,22)(H,20,21). The van der Waals surface area contributed by atoms with Crippen LogP contribution in [0.3, 0.4) is 0 Å². The fourth-order valence-electron chi connectivity index (χ4n) is 3.00. The second kappa shape index (κ2) is 7.88. The average molecular weight is 397 g/mol. The Kier molecular flexibility index (Phi) is 5.60. The van der Waals surface area contributed by atoms with Crippen molar-refractivity contribution in [2.24, 2.45) is 5.92 Å². The third-order valence-electron chi connectivity index (χ3n) is 4.28. The van der Waals surface area contributed by atoms with Crippen molar-refractivity contribution < 1.29 is 19.1 Å². The topological polar surface area (TPSA) is 76.7 Å². The number of hydrogen-bond acceptors (Lipinski definition) is 4. The molecule has 0 aromatic heterocycles. The van der Waals surface area contributed by atoms with Crippen LogP contribution in [0.2, 0.25) is 0 Å². The summed E-state index contributed by atoms with van der Waals surface area (Å²) < 4.78 is 11.7. The second-order valence-corrected chi connectivity index (χ2v) is 6.90. The molecule has 1 fully saturated rings. The molecule has 1 aliphatic carbocycles. The third-order valence-corrected chi connectivity index (χ3v) is 4.94. The highest BCUT2D eigenvalue weighted by molar-refractivity contribution is 9.10. The molecule has 1 heterocycles. The molecular weight excluding hydrogens is 376 g/mol. The Morgan fingerprint density at radius 2 is 1.79 bits per heavy atom. The SMILES string of the molecule is O=C(CCNC(=O)C1CCCC1)Nc1cc2c(cc1Br)OCCO2. The first-order chi connectivity index (χ1) is 11.6. The average Bonchev–Trinajstić information content (AvgIpc) is 3.10. The number of anilines is 1. The van der Waals surface area contributed by atoms with Gasteiger partial charge in [-0.3, -0.25) is 9.59 Å². The fraction of sp³-hybridized carbons (Fsp3) is 0.529. The van der Waals surface area contributed by atoms with Gasteiger partial charge in [0.25, 0.3) is 0 Å². The number of carbonyl (C=O) groups is 2. The molecule has 1 aliphatic heterocycles. The number of ether oxygens (including phenoxy) is 2. The summed E-state index contributed by atoms with van der Waals surface area (Å²) in [7, 11) is 0. The van der Waals surface area contributed by atoms with Gasteiger partial charge in [0.2, 0.25) is 11.8 Å². The van der Waals surface area contributed by atoms with Crippen molar-refractivity contribution in [1.29, 1.82) is 0 Å². The molecular formula is C17H21BrN2O4. The van der Waals surface area contributed by atoms with Crippen LogP contribution in [0.15, 0.2) is 16.6 Å². The molecule has 1 aromatic rings. The van der Waals surface area contributed by atoms with Gasteiger partial charge in [0.15, 0.2) is 11.5 Å². The molecule has 1 aromatic carbocycles. The maximum absolute atomic E-state index is 12.1. The monoisotopic (exact) mass is 396 g/mol. The Morgan fingerprint density at radius 3 is 2.50 bits per heavy atom. The van der Waals surface area contributed by atoms with Gasteiger partial charge >= 0.3 is 0 Å². The minimum absolute atomic E-state index is 0.0702. The molecule has 0 unspecified atom stereocenters. The first-order valence-electron chi connectivity index (χ1n) is 8.30. The summed E-state index contributed by atoms with van der Waals surface area (Å²) >= 11 is 3.42. The van der Waals surface area contributed by atoms with E-state index in [0.717, 1.165) is 30.2 Å². The lowest BCUT2D eigenvalue weighted by Crippen LogP contribution is -2.32. The Labute approximate surface area is 149 Å². The van der Waals surface area contributed by atoms with Crippen molar-refractivity contribution in [3.05, 3.63) is 16.6 Å². The number of benzene rings is 1. The smallest absolute Gasteiger partial charge is 0.226 e. The van der Waals surface area contributed by atoms with Crippen molar-refractivity contribution in [3.63, 3.8) is 0 Å². The Hall–Kier alpha value is -1.76. The first-order valence-corrected chi connectivity index (χ1v) is 9.09. The Bertz CT molecular complexity index is 629. The van der Waals surface area contributed by atoms with E-state index in [1.54, 1.807) is 12.1 Å². The quantitative estimate of drug-likeness (QED) is 0.801. The zero-order valence-corrected chi connectivity index (χ0v) is 15.0. The summed E-state index contributed by atoms with van der Waals surface area (Å²) in [6.07, 6.45) is 4.40. The summed E-state index contributed by atoms with van der Waals surface area (Å²) in [5, 5.41) is 5.68. The van der Waals surface area contributed by atoms with Gasteiger partial charge in [-0.05, 0) is 28.8 Å². The molecule has 3 rings (SSSR count). The van der Waals surface area contributed by atoms with Gasteiger partial charge in [0, 0.05) is 35.5 Å². The van der Waals surface area contributed by atoms with E-state index in [9.17, 15) is 9.59 Å². The number of halogens is 1. The van der Waals surface area contributed by atoms with Crippen LogP contribution in [0.25, 0.3) is 0 Å². The number of hydrogen-bond donors (Lipinski definition) is 2. The van der Waals surface area contributed by atoms with Gasteiger partial charge in [0.05, 0.1) is 5.69 Å². The number of amides is 2. The number of nitrogens with one attached hydrogen (secondary N) is 2. The Balaban J connectivity index is 1.48. The summed E-state index contributed by atoms with van der Waals surface area (Å²) in [6.45, 7) is 1.37. The predicted molar refractivity (Wildman–Crippen MR) is 93.3 cm³/mol. The molecule has 7 heteroatoms. The molecule has 2 N–H and O–H groups in total. The van der Waals surface area contributed by atoms with Crippen molar-refractivity contribution in [1.82, 2.24) is 5.32 Å². The summed E-state index contributed by atoms with van der Waals surface area (Å²) in [6, 6.07) is 3.53. The molecule has 1 saturated carbocycles. The molecule has 24 heavy (non-hydrogen) atoms. The van der Waals surface area contributed by atoms with Crippen LogP contribution in [0.5, 0.6) is 11.5 Å². The number of fused-ring (bicyclic) bond motifs is 1. The van der Waals surface area contributed by atoms with Crippen molar-refractivity contribution in [3.8, 4) is 11.5 Å². The van der Waals surface area contributed by atoms with E-state index >= 15 is 0 Å². The Morgan fingerprint density at radius 1 is 1.12 bits per heavy atom. The first kappa shape index (κ1) is 17.1. The largest absolute Gasteiger partial charge is 0.486 e. The summed E-state index contributed by atoms with van der Waals surface area (Å²) in [5.74, 6) is 1.32. The van der Waals surface area contributed by atoms with Crippen LogP contribution in [0.1, 0.15) is 32.1 Å². The van der Waals surface area contributed by atoms with E-state index in [-0.39, 0.29) is 24.2 Å². The second-order valence-electron chi connectivity index (χ2n) is 6.05. The van der Waals surface area contributed by atoms with Crippen LogP contribution in [0.4, 0.5) is 5.69 Å². The van der Waals surface area contributed by atoms with Gasteiger partial charge in [-0.2, -0.15) is 0 Å². The summed E-state index contributed by atoms with van der Waals surface area (Å²) in [5.41, 5.74) is 0.631. The fourth-order valence-corrected chi connectivity index (χ4v) is 3.43. The molecule has 0 atom stereocenters. The van der Waals surface area contributed by atoms with Gasteiger partial charge in [-0.25, -0.2) is 0 Å². The zero-order chi connectivity index (χ0) is 16.9. The lowest BCUT2D eigenvalue weighted by atomic mass is 10.1. The summed E-state index contributed by atoms with van der Waals surface area (Å²) in [4.78, 5) is 24.0. The lowest BCUT2D eigenvalue weighted by molar-refractivity contribution is -0.124. The van der Waals surface area contributed by atoms with Gasteiger partial charge < -0.3 is 20.1 Å². The van der Waals surface area contributed by atoms with Crippen LogP contribution in [-0.2, 0) is 9.59 Å². The minimum Gasteiger partial charge on any atom is -0.486 e. The van der Waals surface area contributed by atoms with Crippen molar-refractivity contribution >= 4 is 33.4 Å². The minimum atomic E-state index is -0.154. The molecule has 0 saturated heterocycles. The van der Waals surface area contributed by atoms with Gasteiger partial charge in [-0.15, -0.1) is 0 Å². The van der Waals surface area contributed by atoms with Crippen LogP contribution >= 0.6 is 15.9 Å². The van der Waals surface area contributed by atoms with Crippen LogP contribution in [0, 0.1) is 5.92 Å². The van der Waals surface area contributed by atoms with Crippen molar-refractivity contribution in [2.75, 3.05) is 25.1 Å². The third kappa shape index (κ3) is 4.20. The van der Waals surface area contributed by atoms with E-state index in [1.165, 1.54) is 0 Å². The molecule has 0 spiro atoms. The normalized spacial score (nSPS) is 16.7. The zero-order valence-electron chi connectivity index (χ0n) is 13.4. The molecule has 0 radical (unpaired) electrons. The van der Waals surface area contributed by atoms with E-state index in [1.807, 2.05) is 0 Å². The molecule has 0 bridgehead atoms. The van der Waals surface area contributed by atoms with E-state index in [4.69, 9.17) is 9.47 Å². The van der Waals surface area contributed by atoms with Crippen molar-refractivity contribution in [2.45, 2.75) is 32.1 Å². The van der Waals surface area contributed by atoms with Crippen LogP contribution in [-0.4, -0.2) is 31.6 Å². The maximum Gasteiger partial charge on any atom is 0.226 e. The van der Waals surface area contributed by atoms with E-state index in [0.29, 0.717) is 36.9 Å². The maximum atomic E-state index is 12.1. The number of rotatable bonds is 5. The molecule has 2 amide bonds.